The Morgan fingerprint density at radius 1 is 1.53 bits per heavy atom. The van der Waals surface area contributed by atoms with Crippen molar-refractivity contribution in [3.63, 3.8) is 0 Å². The van der Waals surface area contributed by atoms with Crippen molar-refractivity contribution in [2.24, 2.45) is 11.7 Å². The third kappa shape index (κ3) is 4.02. The summed E-state index contributed by atoms with van der Waals surface area (Å²) in [7, 11) is 1.53. The standard InChI is InChI=1S/C11H19ClN4O/c1-8(2)7-16(5-4-13)10-9(12)6-14-11(15-10)17-3/h6,8H,4-5,7,13H2,1-3H3. The first-order valence-electron chi connectivity index (χ1n) is 5.60. The molecule has 1 rings (SSSR count). The summed E-state index contributed by atoms with van der Waals surface area (Å²) >= 11 is 6.10. The van der Waals surface area contributed by atoms with Crippen LogP contribution in [0.25, 0.3) is 0 Å². The lowest BCUT2D eigenvalue weighted by molar-refractivity contribution is 0.379. The molecule has 6 heteroatoms. The summed E-state index contributed by atoms with van der Waals surface area (Å²) in [4.78, 5) is 10.3. The number of nitrogens with two attached hydrogens (primary N) is 1. The zero-order valence-electron chi connectivity index (χ0n) is 10.5. The minimum Gasteiger partial charge on any atom is -0.467 e. The lowest BCUT2D eigenvalue weighted by Gasteiger charge is -2.25. The quantitative estimate of drug-likeness (QED) is 0.839. The third-order valence-electron chi connectivity index (χ3n) is 2.17. The number of hydrogen-bond donors (Lipinski definition) is 1. The average molecular weight is 259 g/mol. The maximum Gasteiger partial charge on any atom is 0.318 e. The van der Waals surface area contributed by atoms with E-state index in [2.05, 4.69) is 28.7 Å². The highest BCUT2D eigenvalue weighted by Gasteiger charge is 2.14. The second kappa shape index (κ2) is 6.61. The molecule has 5 nitrogen and oxygen atoms in total. The molecule has 0 amide bonds. The molecule has 0 aliphatic carbocycles. The smallest absolute Gasteiger partial charge is 0.318 e. The van der Waals surface area contributed by atoms with Crippen LogP contribution in [0.3, 0.4) is 0 Å². The van der Waals surface area contributed by atoms with Crippen LogP contribution < -0.4 is 15.4 Å². The number of halogens is 1. The van der Waals surface area contributed by atoms with E-state index in [0.29, 0.717) is 35.9 Å². The fourth-order valence-electron chi connectivity index (χ4n) is 1.54. The first-order chi connectivity index (χ1) is 8.08. The van der Waals surface area contributed by atoms with Crippen molar-refractivity contribution in [2.75, 3.05) is 31.6 Å². The van der Waals surface area contributed by atoms with E-state index in [1.165, 1.54) is 7.11 Å². The van der Waals surface area contributed by atoms with Crippen molar-refractivity contribution >= 4 is 17.4 Å². The van der Waals surface area contributed by atoms with Gasteiger partial charge in [-0.2, -0.15) is 4.98 Å². The zero-order chi connectivity index (χ0) is 12.8. The normalized spacial score (nSPS) is 10.7. The van der Waals surface area contributed by atoms with Gasteiger partial charge in [0.2, 0.25) is 0 Å². The van der Waals surface area contributed by atoms with Crippen molar-refractivity contribution in [2.45, 2.75) is 13.8 Å². The van der Waals surface area contributed by atoms with Crippen LogP contribution in [0.5, 0.6) is 6.01 Å². The lowest BCUT2D eigenvalue weighted by Crippen LogP contribution is -2.33. The fraction of sp³-hybridized carbons (Fsp3) is 0.636. The molecule has 0 unspecified atom stereocenters. The average Bonchev–Trinajstić information content (AvgIpc) is 2.28. The third-order valence-corrected chi connectivity index (χ3v) is 2.44. The van der Waals surface area contributed by atoms with Gasteiger partial charge >= 0.3 is 6.01 Å². The molecule has 1 aromatic heterocycles. The Bertz CT molecular complexity index is 359. The van der Waals surface area contributed by atoms with E-state index in [1.807, 2.05) is 0 Å². The van der Waals surface area contributed by atoms with Gasteiger partial charge in [-0.3, -0.25) is 0 Å². The van der Waals surface area contributed by atoms with Crippen LogP contribution in [0, 0.1) is 5.92 Å². The Balaban J connectivity index is 2.98. The van der Waals surface area contributed by atoms with Crippen LogP contribution >= 0.6 is 11.6 Å². The van der Waals surface area contributed by atoms with E-state index >= 15 is 0 Å². The van der Waals surface area contributed by atoms with Gasteiger partial charge in [-0.25, -0.2) is 4.98 Å². The van der Waals surface area contributed by atoms with Crippen LogP contribution in [-0.2, 0) is 0 Å². The summed E-state index contributed by atoms with van der Waals surface area (Å²) < 4.78 is 5.00. The molecule has 0 saturated heterocycles. The number of aromatic nitrogens is 2. The number of rotatable bonds is 6. The van der Waals surface area contributed by atoms with E-state index in [4.69, 9.17) is 22.1 Å². The second-order valence-corrected chi connectivity index (χ2v) is 4.56. The molecule has 0 aliphatic rings. The topological polar surface area (TPSA) is 64.3 Å². The second-order valence-electron chi connectivity index (χ2n) is 4.16. The summed E-state index contributed by atoms with van der Waals surface area (Å²) in [6, 6.07) is 0.315. The summed E-state index contributed by atoms with van der Waals surface area (Å²) in [5, 5.41) is 0.514. The Labute approximate surface area is 107 Å². The highest BCUT2D eigenvalue weighted by atomic mass is 35.5. The van der Waals surface area contributed by atoms with Gasteiger partial charge in [-0.15, -0.1) is 0 Å². The molecule has 0 saturated carbocycles. The van der Waals surface area contributed by atoms with Gasteiger partial charge < -0.3 is 15.4 Å². The summed E-state index contributed by atoms with van der Waals surface area (Å²) in [5.74, 6) is 1.18. The Kier molecular flexibility index (Phi) is 5.44. The summed E-state index contributed by atoms with van der Waals surface area (Å²) in [5.41, 5.74) is 5.60. The molecule has 1 heterocycles. The summed E-state index contributed by atoms with van der Waals surface area (Å²) in [6.45, 7) is 6.37. The van der Waals surface area contributed by atoms with E-state index in [9.17, 15) is 0 Å². The molecule has 0 spiro atoms. The van der Waals surface area contributed by atoms with Gasteiger partial charge in [0.05, 0.1) is 13.3 Å². The van der Waals surface area contributed by atoms with Gasteiger partial charge in [0.1, 0.15) is 5.02 Å². The van der Waals surface area contributed by atoms with Crippen LogP contribution in [0.2, 0.25) is 5.02 Å². The molecular weight excluding hydrogens is 240 g/mol. The van der Waals surface area contributed by atoms with Crippen LogP contribution in [0.1, 0.15) is 13.8 Å². The number of methoxy groups -OCH3 is 1. The first kappa shape index (κ1) is 14.0. The molecule has 0 atom stereocenters. The van der Waals surface area contributed by atoms with Crippen molar-refractivity contribution in [1.82, 2.24) is 9.97 Å². The monoisotopic (exact) mass is 258 g/mol. The summed E-state index contributed by atoms with van der Waals surface area (Å²) in [6.07, 6.45) is 1.55. The van der Waals surface area contributed by atoms with E-state index in [1.54, 1.807) is 6.20 Å². The maximum absolute atomic E-state index is 6.10. The highest BCUT2D eigenvalue weighted by Crippen LogP contribution is 2.24. The van der Waals surface area contributed by atoms with Crippen molar-refractivity contribution in [3.05, 3.63) is 11.2 Å². The maximum atomic E-state index is 6.10. The van der Waals surface area contributed by atoms with Gasteiger partial charge in [0.25, 0.3) is 0 Å². The van der Waals surface area contributed by atoms with E-state index < -0.39 is 0 Å². The van der Waals surface area contributed by atoms with Gasteiger partial charge in [0.15, 0.2) is 5.82 Å². The number of hydrogen-bond acceptors (Lipinski definition) is 5. The van der Waals surface area contributed by atoms with Crippen LogP contribution in [-0.4, -0.2) is 36.7 Å². The minimum atomic E-state index is 0.315. The molecule has 0 aromatic carbocycles. The molecule has 2 N–H and O–H groups in total. The van der Waals surface area contributed by atoms with Crippen molar-refractivity contribution in [1.29, 1.82) is 0 Å². The zero-order valence-corrected chi connectivity index (χ0v) is 11.2. The Morgan fingerprint density at radius 3 is 2.76 bits per heavy atom. The molecule has 1 aromatic rings. The Morgan fingerprint density at radius 2 is 2.24 bits per heavy atom. The lowest BCUT2D eigenvalue weighted by atomic mass is 10.2. The molecule has 0 radical (unpaired) electrons. The molecule has 0 bridgehead atoms. The molecule has 17 heavy (non-hydrogen) atoms. The van der Waals surface area contributed by atoms with Gasteiger partial charge in [-0.1, -0.05) is 25.4 Å². The SMILES string of the molecule is COc1ncc(Cl)c(N(CCN)CC(C)C)n1. The predicted molar refractivity (Wildman–Crippen MR) is 69.7 cm³/mol. The molecule has 0 fully saturated rings. The van der Waals surface area contributed by atoms with E-state index in [-0.39, 0.29) is 0 Å². The minimum absolute atomic E-state index is 0.315. The van der Waals surface area contributed by atoms with Crippen molar-refractivity contribution < 1.29 is 4.74 Å². The van der Waals surface area contributed by atoms with Crippen molar-refractivity contribution in [3.8, 4) is 6.01 Å². The molecule has 0 aliphatic heterocycles. The van der Waals surface area contributed by atoms with Crippen LogP contribution in [0.4, 0.5) is 5.82 Å². The predicted octanol–water partition coefficient (Wildman–Crippen LogP) is 1.56. The Hall–Kier alpha value is -1.07. The number of ether oxygens (including phenoxy) is 1. The molecule has 96 valence electrons. The number of anilines is 1. The highest BCUT2D eigenvalue weighted by molar-refractivity contribution is 6.32. The first-order valence-corrected chi connectivity index (χ1v) is 5.97. The molecular formula is C11H19ClN4O. The number of nitrogens with zero attached hydrogens (tertiary/aromatic N) is 3. The fourth-order valence-corrected chi connectivity index (χ4v) is 1.75. The van der Waals surface area contributed by atoms with Gasteiger partial charge in [-0.05, 0) is 5.92 Å². The van der Waals surface area contributed by atoms with Gasteiger partial charge in [0, 0.05) is 19.6 Å². The van der Waals surface area contributed by atoms with E-state index in [0.717, 1.165) is 6.54 Å². The largest absolute Gasteiger partial charge is 0.467 e. The van der Waals surface area contributed by atoms with Crippen LogP contribution in [0.15, 0.2) is 6.20 Å².